The number of pyridine rings is 1. The Kier molecular flexibility index (Phi) is 1.90. The molecule has 0 unspecified atom stereocenters. The van der Waals surface area contributed by atoms with E-state index in [-0.39, 0.29) is 5.75 Å². The standard InChI is InChI=1S/C13H10N2O/c16-11-4-1-3-10(9-11)12-5-2-6-13-14-7-8-15(12)13/h1-9,16H. The van der Waals surface area contributed by atoms with Gasteiger partial charge in [-0.1, -0.05) is 18.2 Å². The number of hydrogen-bond donors (Lipinski definition) is 1. The molecule has 0 fully saturated rings. The van der Waals surface area contributed by atoms with Crippen molar-refractivity contribution in [3.63, 3.8) is 0 Å². The third-order valence-corrected chi connectivity index (χ3v) is 2.57. The SMILES string of the molecule is Oc1cccc(-c2cccc3nccn23)c1. The van der Waals surface area contributed by atoms with Gasteiger partial charge in [-0.2, -0.15) is 0 Å². The summed E-state index contributed by atoms with van der Waals surface area (Å²) in [6.07, 6.45) is 3.68. The van der Waals surface area contributed by atoms with Crippen LogP contribution in [0.15, 0.2) is 54.9 Å². The van der Waals surface area contributed by atoms with Crippen molar-refractivity contribution in [2.45, 2.75) is 0 Å². The van der Waals surface area contributed by atoms with Crippen LogP contribution in [0, 0.1) is 0 Å². The second-order valence-corrected chi connectivity index (χ2v) is 3.62. The van der Waals surface area contributed by atoms with Crippen LogP contribution < -0.4 is 0 Å². The molecule has 1 aromatic carbocycles. The summed E-state index contributed by atoms with van der Waals surface area (Å²) in [5.74, 6) is 0.273. The minimum absolute atomic E-state index is 0.273. The normalized spacial score (nSPS) is 10.8. The molecule has 78 valence electrons. The molecule has 0 aliphatic carbocycles. The highest BCUT2D eigenvalue weighted by Gasteiger charge is 2.03. The van der Waals surface area contributed by atoms with Crippen LogP contribution in [0.3, 0.4) is 0 Å². The minimum atomic E-state index is 0.273. The second kappa shape index (κ2) is 3.38. The third kappa shape index (κ3) is 1.34. The lowest BCUT2D eigenvalue weighted by Crippen LogP contribution is -1.89. The van der Waals surface area contributed by atoms with Gasteiger partial charge >= 0.3 is 0 Å². The Hall–Kier alpha value is -2.29. The van der Waals surface area contributed by atoms with E-state index in [0.29, 0.717) is 0 Å². The molecular formula is C13H10N2O. The first-order chi connectivity index (χ1) is 7.84. The van der Waals surface area contributed by atoms with Gasteiger partial charge in [-0.15, -0.1) is 0 Å². The Morgan fingerprint density at radius 2 is 1.94 bits per heavy atom. The summed E-state index contributed by atoms with van der Waals surface area (Å²) < 4.78 is 1.99. The van der Waals surface area contributed by atoms with Crippen molar-refractivity contribution in [1.29, 1.82) is 0 Å². The number of aromatic nitrogens is 2. The lowest BCUT2D eigenvalue weighted by atomic mass is 10.1. The zero-order valence-electron chi connectivity index (χ0n) is 8.54. The molecule has 0 aliphatic rings. The fourth-order valence-corrected chi connectivity index (χ4v) is 1.85. The predicted octanol–water partition coefficient (Wildman–Crippen LogP) is 2.71. The Bertz CT molecular complexity index is 643. The molecule has 2 aromatic heterocycles. The average molecular weight is 210 g/mol. The van der Waals surface area contributed by atoms with Crippen molar-refractivity contribution >= 4 is 5.65 Å². The molecule has 3 nitrogen and oxygen atoms in total. The number of hydrogen-bond acceptors (Lipinski definition) is 2. The van der Waals surface area contributed by atoms with Crippen LogP contribution in [0.5, 0.6) is 5.75 Å². The van der Waals surface area contributed by atoms with Crippen LogP contribution in [0.1, 0.15) is 0 Å². The fraction of sp³-hybridized carbons (Fsp3) is 0. The van der Waals surface area contributed by atoms with E-state index in [1.165, 1.54) is 0 Å². The Balaban J connectivity index is 2.29. The van der Waals surface area contributed by atoms with E-state index in [1.54, 1.807) is 18.3 Å². The maximum Gasteiger partial charge on any atom is 0.137 e. The maximum atomic E-state index is 9.47. The molecule has 2 heterocycles. The van der Waals surface area contributed by atoms with Gasteiger partial charge < -0.3 is 5.11 Å². The van der Waals surface area contributed by atoms with Crippen LogP contribution in [0.25, 0.3) is 16.9 Å². The molecule has 3 aromatic rings. The lowest BCUT2D eigenvalue weighted by Gasteiger charge is -2.05. The fourth-order valence-electron chi connectivity index (χ4n) is 1.85. The molecule has 0 saturated heterocycles. The first-order valence-electron chi connectivity index (χ1n) is 5.06. The summed E-state index contributed by atoms with van der Waals surface area (Å²) in [7, 11) is 0. The molecule has 1 N–H and O–H groups in total. The summed E-state index contributed by atoms with van der Waals surface area (Å²) in [6, 6.07) is 13.1. The number of nitrogens with zero attached hydrogens (tertiary/aromatic N) is 2. The number of phenols is 1. The summed E-state index contributed by atoms with van der Waals surface area (Å²) in [5, 5.41) is 9.47. The Morgan fingerprint density at radius 3 is 2.81 bits per heavy atom. The van der Waals surface area contributed by atoms with Crippen molar-refractivity contribution in [1.82, 2.24) is 9.38 Å². The van der Waals surface area contributed by atoms with Gasteiger partial charge in [0.05, 0.1) is 5.69 Å². The van der Waals surface area contributed by atoms with Crippen molar-refractivity contribution < 1.29 is 5.11 Å². The monoisotopic (exact) mass is 210 g/mol. The van der Waals surface area contributed by atoms with Gasteiger partial charge in [-0.25, -0.2) is 4.98 Å². The molecule has 16 heavy (non-hydrogen) atoms. The Labute approximate surface area is 92.6 Å². The molecular weight excluding hydrogens is 200 g/mol. The molecule has 3 heteroatoms. The van der Waals surface area contributed by atoms with E-state index in [2.05, 4.69) is 4.98 Å². The number of benzene rings is 1. The maximum absolute atomic E-state index is 9.47. The van der Waals surface area contributed by atoms with E-state index in [9.17, 15) is 5.11 Å². The second-order valence-electron chi connectivity index (χ2n) is 3.62. The largest absolute Gasteiger partial charge is 0.508 e. The van der Waals surface area contributed by atoms with E-state index >= 15 is 0 Å². The number of aromatic hydroxyl groups is 1. The quantitative estimate of drug-likeness (QED) is 0.670. The topological polar surface area (TPSA) is 37.5 Å². The smallest absolute Gasteiger partial charge is 0.137 e. The number of fused-ring (bicyclic) bond motifs is 1. The van der Waals surface area contributed by atoms with Gasteiger partial charge in [0.15, 0.2) is 0 Å². The highest BCUT2D eigenvalue weighted by Crippen LogP contribution is 2.23. The third-order valence-electron chi connectivity index (χ3n) is 2.57. The van der Waals surface area contributed by atoms with Crippen LogP contribution >= 0.6 is 0 Å². The van der Waals surface area contributed by atoms with Crippen molar-refractivity contribution in [2.24, 2.45) is 0 Å². The van der Waals surface area contributed by atoms with E-state index < -0.39 is 0 Å². The van der Waals surface area contributed by atoms with Gasteiger partial charge in [-0.05, 0) is 24.3 Å². The number of imidazole rings is 1. The summed E-state index contributed by atoms with van der Waals surface area (Å²) in [4.78, 5) is 4.23. The molecule has 0 amide bonds. The molecule has 0 atom stereocenters. The first-order valence-corrected chi connectivity index (χ1v) is 5.06. The van der Waals surface area contributed by atoms with Gasteiger partial charge in [0.2, 0.25) is 0 Å². The molecule has 0 bridgehead atoms. The van der Waals surface area contributed by atoms with Gasteiger partial charge in [0.25, 0.3) is 0 Å². The Morgan fingerprint density at radius 1 is 1.06 bits per heavy atom. The van der Waals surface area contributed by atoms with Gasteiger partial charge in [0.1, 0.15) is 11.4 Å². The molecule has 0 radical (unpaired) electrons. The molecule has 3 rings (SSSR count). The molecule has 0 aliphatic heterocycles. The van der Waals surface area contributed by atoms with Gasteiger partial charge in [-0.3, -0.25) is 4.40 Å². The van der Waals surface area contributed by atoms with Crippen molar-refractivity contribution in [3.8, 4) is 17.0 Å². The van der Waals surface area contributed by atoms with E-state index in [0.717, 1.165) is 16.9 Å². The zero-order chi connectivity index (χ0) is 11.0. The highest BCUT2D eigenvalue weighted by molar-refractivity contribution is 5.64. The predicted molar refractivity (Wildman–Crippen MR) is 62.3 cm³/mol. The van der Waals surface area contributed by atoms with Crippen LogP contribution in [0.2, 0.25) is 0 Å². The highest BCUT2D eigenvalue weighted by atomic mass is 16.3. The molecule has 0 spiro atoms. The lowest BCUT2D eigenvalue weighted by molar-refractivity contribution is 0.475. The molecule has 0 saturated carbocycles. The van der Waals surface area contributed by atoms with Crippen molar-refractivity contribution in [3.05, 3.63) is 54.9 Å². The minimum Gasteiger partial charge on any atom is -0.508 e. The number of rotatable bonds is 1. The van der Waals surface area contributed by atoms with Crippen LogP contribution in [0.4, 0.5) is 0 Å². The number of phenolic OH excluding ortho intramolecular Hbond substituents is 1. The first kappa shape index (κ1) is 8.97. The summed E-state index contributed by atoms with van der Waals surface area (Å²) >= 11 is 0. The van der Waals surface area contributed by atoms with Crippen LogP contribution in [-0.2, 0) is 0 Å². The summed E-state index contributed by atoms with van der Waals surface area (Å²) in [6.45, 7) is 0. The summed E-state index contributed by atoms with van der Waals surface area (Å²) in [5.41, 5.74) is 2.90. The zero-order valence-corrected chi connectivity index (χ0v) is 8.54. The van der Waals surface area contributed by atoms with Gasteiger partial charge in [0, 0.05) is 18.0 Å². The van der Waals surface area contributed by atoms with E-state index in [4.69, 9.17) is 0 Å². The van der Waals surface area contributed by atoms with Crippen molar-refractivity contribution in [2.75, 3.05) is 0 Å². The van der Waals surface area contributed by atoms with Crippen LogP contribution in [-0.4, -0.2) is 14.5 Å². The average Bonchev–Trinajstić information content (AvgIpc) is 2.76. The van der Waals surface area contributed by atoms with E-state index in [1.807, 2.05) is 40.9 Å².